The lowest BCUT2D eigenvalue weighted by Gasteiger charge is -2.04. The quantitative estimate of drug-likeness (QED) is 0.737. The van der Waals surface area contributed by atoms with Crippen LogP contribution in [0.2, 0.25) is 0 Å². The molecule has 0 fully saturated rings. The molecule has 0 aliphatic carbocycles. The van der Waals surface area contributed by atoms with Gasteiger partial charge in [-0.15, -0.1) is 0 Å². The third kappa shape index (κ3) is 3.03. The maximum absolute atomic E-state index is 11.8. The van der Waals surface area contributed by atoms with Gasteiger partial charge in [0.15, 0.2) is 5.78 Å². The summed E-state index contributed by atoms with van der Waals surface area (Å²) in [6, 6.07) is 11.4. The number of aromatic nitrogens is 2. The third-order valence-corrected chi connectivity index (χ3v) is 2.80. The predicted octanol–water partition coefficient (Wildman–Crippen LogP) is 2.85. The third-order valence-electron chi connectivity index (χ3n) is 2.80. The van der Waals surface area contributed by atoms with E-state index in [1.807, 2.05) is 48.0 Å². The van der Waals surface area contributed by atoms with Crippen LogP contribution in [0.25, 0.3) is 0 Å². The number of ketones is 1. The molecule has 0 spiro atoms. The molecule has 0 radical (unpaired) electrons. The van der Waals surface area contributed by atoms with Crippen molar-refractivity contribution in [2.45, 2.75) is 26.3 Å². The van der Waals surface area contributed by atoms with Crippen LogP contribution in [0.1, 0.15) is 28.9 Å². The SMILES string of the molecule is Cc1ccnn1CCCC(=O)c1ccccc1. The first-order valence-electron chi connectivity index (χ1n) is 5.84. The van der Waals surface area contributed by atoms with E-state index in [4.69, 9.17) is 0 Å². The topological polar surface area (TPSA) is 34.9 Å². The van der Waals surface area contributed by atoms with Crippen molar-refractivity contribution in [1.29, 1.82) is 0 Å². The number of carbonyl (C=O) groups excluding carboxylic acids is 1. The molecule has 88 valence electrons. The van der Waals surface area contributed by atoms with E-state index in [1.165, 1.54) is 0 Å². The Morgan fingerprint density at radius 1 is 1.24 bits per heavy atom. The highest BCUT2D eigenvalue weighted by atomic mass is 16.1. The lowest BCUT2D eigenvalue weighted by molar-refractivity contribution is 0.0978. The summed E-state index contributed by atoms with van der Waals surface area (Å²) < 4.78 is 1.93. The number of hydrogen-bond donors (Lipinski definition) is 0. The van der Waals surface area contributed by atoms with Crippen molar-refractivity contribution in [1.82, 2.24) is 9.78 Å². The number of rotatable bonds is 5. The molecule has 0 aliphatic heterocycles. The largest absolute Gasteiger partial charge is 0.294 e. The minimum Gasteiger partial charge on any atom is -0.294 e. The smallest absolute Gasteiger partial charge is 0.162 e. The number of Topliss-reactive ketones (excluding diaryl/α,β-unsaturated/α-hetero) is 1. The average molecular weight is 228 g/mol. The van der Waals surface area contributed by atoms with Crippen molar-refractivity contribution >= 4 is 5.78 Å². The van der Waals surface area contributed by atoms with Crippen molar-refractivity contribution in [2.24, 2.45) is 0 Å². The van der Waals surface area contributed by atoms with Crippen LogP contribution in [0.15, 0.2) is 42.6 Å². The van der Waals surface area contributed by atoms with Gasteiger partial charge < -0.3 is 0 Å². The van der Waals surface area contributed by atoms with Crippen LogP contribution in [0.3, 0.4) is 0 Å². The Labute approximate surface area is 101 Å². The Hall–Kier alpha value is -1.90. The van der Waals surface area contributed by atoms with Gasteiger partial charge in [-0.1, -0.05) is 30.3 Å². The van der Waals surface area contributed by atoms with Gasteiger partial charge in [0.2, 0.25) is 0 Å². The molecule has 2 aromatic rings. The lowest BCUT2D eigenvalue weighted by Crippen LogP contribution is -2.05. The summed E-state index contributed by atoms with van der Waals surface area (Å²) in [5.74, 6) is 0.204. The Morgan fingerprint density at radius 3 is 2.65 bits per heavy atom. The summed E-state index contributed by atoms with van der Waals surface area (Å²) in [6.07, 6.45) is 3.19. The van der Waals surface area contributed by atoms with E-state index in [0.29, 0.717) is 6.42 Å². The molecule has 2 rings (SSSR count). The van der Waals surface area contributed by atoms with Gasteiger partial charge in [-0.2, -0.15) is 5.10 Å². The molecule has 0 unspecified atom stereocenters. The maximum Gasteiger partial charge on any atom is 0.162 e. The second kappa shape index (κ2) is 5.43. The lowest BCUT2D eigenvalue weighted by atomic mass is 10.1. The molecule has 0 aliphatic rings. The zero-order valence-electron chi connectivity index (χ0n) is 9.97. The van der Waals surface area contributed by atoms with E-state index in [-0.39, 0.29) is 5.78 Å². The van der Waals surface area contributed by atoms with Gasteiger partial charge in [0.1, 0.15) is 0 Å². The summed E-state index contributed by atoms with van der Waals surface area (Å²) in [5.41, 5.74) is 1.93. The first-order valence-corrected chi connectivity index (χ1v) is 5.84. The minimum atomic E-state index is 0.204. The van der Waals surface area contributed by atoms with Gasteiger partial charge >= 0.3 is 0 Å². The molecule has 0 saturated carbocycles. The Bertz CT molecular complexity index is 488. The van der Waals surface area contributed by atoms with Crippen molar-refractivity contribution in [3.05, 3.63) is 53.9 Å². The van der Waals surface area contributed by atoms with Crippen molar-refractivity contribution in [3.8, 4) is 0 Å². The van der Waals surface area contributed by atoms with Crippen molar-refractivity contribution < 1.29 is 4.79 Å². The van der Waals surface area contributed by atoms with Gasteiger partial charge in [0.05, 0.1) is 0 Å². The molecule has 3 nitrogen and oxygen atoms in total. The van der Waals surface area contributed by atoms with Crippen LogP contribution in [0.4, 0.5) is 0 Å². The monoisotopic (exact) mass is 228 g/mol. The molecular formula is C14H16N2O. The summed E-state index contributed by atoms with van der Waals surface area (Å²) >= 11 is 0. The van der Waals surface area contributed by atoms with Crippen LogP contribution in [0.5, 0.6) is 0 Å². The predicted molar refractivity (Wildman–Crippen MR) is 67.0 cm³/mol. The number of benzene rings is 1. The second-order valence-electron chi connectivity index (χ2n) is 4.09. The van der Waals surface area contributed by atoms with Crippen LogP contribution in [-0.2, 0) is 6.54 Å². The van der Waals surface area contributed by atoms with Crippen LogP contribution >= 0.6 is 0 Å². The number of hydrogen-bond acceptors (Lipinski definition) is 2. The molecule has 3 heteroatoms. The fourth-order valence-corrected chi connectivity index (χ4v) is 1.79. The number of aryl methyl sites for hydroxylation is 2. The normalized spacial score (nSPS) is 10.4. The Kier molecular flexibility index (Phi) is 3.70. The summed E-state index contributed by atoms with van der Waals surface area (Å²) in [6.45, 7) is 2.82. The van der Waals surface area contributed by atoms with Crippen LogP contribution in [0, 0.1) is 6.92 Å². The number of carbonyl (C=O) groups is 1. The van der Waals surface area contributed by atoms with E-state index in [2.05, 4.69) is 5.10 Å². The highest BCUT2D eigenvalue weighted by Crippen LogP contribution is 2.06. The van der Waals surface area contributed by atoms with Gasteiger partial charge in [-0.25, -0.2) is 0 Å². The first-order chi connectivity index (χ1) is 8.27. The average Bonchev–Trinajstić information content (AvgIpc) is 2.76. The summed E-state index contributed by atoms with van der Waals surface area (Å²) in [5, 5.41) is 4.19. The molecule has 17 heavy (non-hydrogen) atoms. The summed E-state index contributed by atoms with van der Waals surface area (Å²) in [4.78, 5) is 11.8. The molecule has 0 amide bonds. The molecule has 0 N–H and O–H groups in total. The zero-order valence-corrected chi connectivity index (χ0v) is 9.97. The van der Waals surface area contributed by atoms with E-state index >= 15 is 0 Å². The van der Waals surface area contributed by atoms with Gasteiger partial charge in [-0.05, 0) is 19.4 Å². The molecule has 1 aromatic carbocycles. The van der Waals surface area contributed by atoms with Gasteiger partial charge in [0.25, 0.3) is 0 Å². The zero-order chi connectivity index (χ0) is 12.1. The fraction of sp³-hybridized carbons (Fsp3) is 0.286. The fourth-order valence-electron chi connectivity index (χ4n) is 1.79. The maximum atomic E-state index is 11.8. The van der Waals surface area contributed by atoms with Crippen molar-refractivity contribution in [3.63, 3.8) is 0 Å². The van der Waals surface area contributed by atoms with E-state index in [1.54, 1.807) is 6.20 Å². The minimum absolute atomic E-state index is 0.204. The highest BCUT2D eigenvalue weighted by molar-refractivity contribution is 5.95. The standard InChI is InChI=1S/C14H16N2O/c1-12-9-10-15-16(12)11-5-8-14(17)13-6-3-2-4-7-13/h2-4,6-7,9-10H,5,8,11H2,1H3. The Balaban J connectivity index is 1.84. The molecule has 1 heterocycles. The molecule has 1 aromatic heterocycles. The summed E-state index contributed by atoms with van der Waals surface area (Å²) in [7, 11) is 0. The van der Waals surface area contributed by atoms with Gasteiger partial charge in [-0.3, -0.25) is 9.48 Å². The van der Waals surface area contributed by atoms with E-state index in [0.717, 1.165) is 24.2 Å². The molecule has 0 bridgehead atoms. The Morgan fingerprint density at radius 2 is 2.00 bits per heavy atom. The van der Waals surface area contributed by atoms with E-state index in [9.17, 15) is 4.79 Å². The number of nitrogens with zero attached hydrogens (tertiary/aromatic N) is 2. The van der Waals surface area contributed by atoms with E-state index < -0.39 is 0 Å². The van der Waals surface area contributed by atoms with Crippen molar-refractivity contribution in [2.75, 3.05) is 0 Å². The molecule has 0 atom stereocenters. The van der Waals surface area contributed by atoms with Gasteiger partial charge in [0, 0.05) is 30.4 Å². The highest BCUT2D eigenvalue weighted by Gasteiger charge is 2.05. The molecular weight excluding hydrogens is 212 g/mol. The first kappa shape index (κ1) is 11.6. The second-order valence-corrected chi connectivity index (χ2v) is 4.09. The molecule has 0 saturated heterocycles. The van der Waals surface area contributed by atoms with Crippen LogP contribution < -0.4 is 0 Å². The van der Waals surface area contributed by atoms with Crippen LogP contribution in [-0.4, -0.2) is 15.6 Å².